The van der Waals surface area contributed by atoms with Gasteiger partial charge < -0.3 is 29.6 Å². The number of carbonyl (C=O) groups is 3. The summed E-state index contributed by atoms with van der Waals surface area (Å²) in [6.07, 6.45) is -0.991. The van der Waals surface area contributed by atoms with E-state index in [1.807, 2.05) is 18.5 Å². The van der Waals surface area contributed by atoms with E-state index in [4.69, 9.17) is 24.5 Å². The Morgan fingerprint density at radius 1 is 0.932 bits per heavy atom. The van der Waals surface area contributed by atoms with Crippen molar-refractivity contribution < 1.29 is 55.7 Å². The molecular weight excluding hydrogens is 604 g/mol. The number of likely N-dealkylation sites (tertiary alicyclic amines) is 2. The summed E-state index contributed by atoms with van der Waals surface area (Å²) in [7, 11) is 0. The molecule has 1 atom stereocenters. The number of aliphatic carboxylic acids is 2. The first-order valence-electron chi connectivity index (χ1n) is 14.3. The number of anilines is 1. The van der Waals surface area contributed by atoms with E-state index in [1.165, 1.54) is 19.4 Å². The maximum absolute atomic E-state index is 13.6. The fourth-order valence-electron chi connectivity index (χ4n) is 6.53. The highest BCUT2D eigenvalue weighted by atomic mass is 19.4. The third-order valence-electron chi connectivity index (χ3n) is 8.85. The quantitative estimate of drug-likeness (QED) is 0.472. The van der Waals surface area contributed by atoms with Crippen LogP contribution in [0.1, 0.15) is 39.0 Å². The number of piperidine rings is 1. The van der Waals surface area contributed by atoms with E-state index in [2.05, 4.69) is 31.6 Å². The summed E-state index contributed by atoms with van der Waals surface area (Å²) in [4.78, 5) is 47.5. The van der Waals surface area contributed by atoms with Crippen LogP contribution in [-0.4, -0.2) is 119 Å². The van der Waals surface area contributed by atoms with E-state index in [9.17, 15) is 31.1 Å². The van der Waals surface area contributed by atoms with Crippen molar-refractivity contribution in [1.82, 2.24) is 19.8 Å². The molecule has 0 aromatic carbocycles. The summed E-state index contributed by atoms with van der Waals surface area (Å²) >= 11 is 0. The topological polar surface area (TPSA) is 136 Å². The molecule has 0 saturated carbocycles. The fraction of sp³-hybridized carbons (Fsp3) is 0.741. The van der Waals surface area contributed by atoms with Crippen molar-refractivity contribution in [2.75, 3.05) is 63.9 Å². The van der Waals surface area contributed by atoms with Crippen LogP contribution in [0.15, 0.2) is 18.5 Å². The van der Waals surface area contributed by atoms with Crippen molar-refractivity contribution in [3.8, 4) is 0 Å². The number of halogens is 6. The summed E-state index contributed by atoms with van der Waals surface area (Å²) in [5.41, 5.74) is -0.230. The minimum Gasteiger partial charge on any atom is -0.475 e. The van der Waals surface area contributed by atoms with Crippen molar-refractivity contribution in [3.05, 3.63) is 18.5 Å². The second kappa shape index (κ2) is 14.3. The monoisotopic (exact) mass is 641 g/mol. The SMILES string of the molecule is CCN1CCC2(CN(c3ncccn3)CC23CCN(CC2CCOCC2)CC3)C1=O.O=C(O)C(F)(F)F.O=C(O)C(F)(F)F. The van der Waals surface area contributed by atoms with Crippen LogP contribution in [0.2, 0.25) is 0 Å². The molecule has 4 aliphatic rings. The highest BCUT2D eigenvalue weighted by Gasteiger charge is 2.65. The van der Waals surface area contributed by atoms with Gasteiger partial charge >= 0.3 is 24.3 Å². The van der Waals surface area contributed by atoms with Crippen molar-refractivity contribution in [2.45, 2.75) is 51.4 Å². The molecule has 5 rings (SSSR count). The van der Waals surface area contributed by atoms with Gasteiger partial charge in [0.05, 0.1) is 5.41 Å². The number of carboxylic acids is 2. The average Bonchev–Trinajstić information content (AvgIpc) is 3.47. The van der Waals surface area contributed by atoms with Crippen molar-refractivity contribution in [3.63, 3.8) is 0 Å². The minimum absolute atomic E-state index is 0.0411. The van der Waals surface area contributed by atoms with Crippen molar-refractivity contribution >= 4 is 23.8 Å². The largest absolute Gasteiger partial charge is 0.490 e. The molecule has 0 radical (unpaired) electrons. The van der Waals surface area contributed by atoms with Crippen LogP contribution in [0.4, 0.5) is 32.3 Å². The Labute approximate surface area is 250 Å². The average molecular weight is 642 g/mol. The Hall–Kier alpha value is -3.21. The fourth-order valence-corrected chi connectivity index (χ4v) is 6.53. The van der Waals surface area contributed by atoms with Crippen molar-refractivity contribution in [1.29, 1.82) is 0 Å². The molecule has 0 aliphatic carbocycles. The molecule has 1 unspecified atom stereocenters. The lowest BCUT2D eigenvalue weighted by Gasteiger charge is -2.47. The van der Waals surface area contributed by atoms with Gasteiger partial charge in [0.1, 0.15) is 0 Å². The number of aromatic nitrogens is 2. The summed E-state index contributed by atoms with van der Waals surface area (Å²) in [6, 6.07) is 1.86. The molecular formula is C27H37F6N5O6. The minimum atomic E-state index is -5.08. The summed E-state index contributed by atoms with van der Waals surface area (Å²) < 4.78 is 69.0. The number of fused-ring (bicyclic) bond motifs is 1. The molecule has 0 bridgehead atoms. The second-order valence-electron chi connectivity index (χ2n) is 11.4. The zero-order valence-electron chi connectivity index (χ0n) is 24.2. The number of nitrogens with zero attached hydrogens (tertiary/aromatic N) is 5. The Kier molecular flexibility index (Phi) is 11.4. The Balaban J connectivity index is 0.000000317. The molecule has 4 fully saturated rings. The number of hydrogen-bond acceptors (Lipinski definition) is 8. The lowest BCUT2D eigenvalue weighted by Crippen LogP contribution is -2.53. The van der Waals surface area contributed by atoms with Gasteiger partial charge in [0.25, 0.3) is 0 Å². The van der Waals surface area contributed by atoms with Crippen LogP contribution in [0.3, 0.4) is 0 Å². The smallest absolute Gasteiger partial charge is 0.475 e. The molecule has 1 amide bonds. The molecule has 4 aliphatic heterocycles. The lowest BCUT2D eigenvalue weighted by atomic mass is 9.60. The number of ether oxygens (including phenoxy) is 1. The summed E-state index contributed by atoms with van der Waals surface area (Å²) in [5, 5.41) is 14.2. The third-order valence-corrected chi connectivity index (χ3v) is 8.85. The van der Waals surface area contributed by atoms with Gasteiger partial charge in [-0.1, -0.05) is 0 Å². The zero-order chi connectivity index (χ0) is 32.8. The lowest BCUT2D eigenvalue weighted by molar-refractivity contribution is -0.193. The normalized spacial score (nSPS) is 24.1. The maximum atomic E-state index is 13.6. The number of rotatable bonds is 4. The van der Waals surface area contributed by atoms with Gasteiger partial charge in [-0.2, -0.15) is 26.3 Å². The van der Waals surface area contributed by atoms with E-state index >= 15 is 0 Å². The first-order valence-corrected chi connectivity index (χ1v) is 14.3. The number of carbonyl (C=O) groups excluding carboxylic acids is 1. The Bertz CT molecular complexity index is 1100. The third kappa shape index (κ3) is 8.28. The summed E-state index contributed by atoms with van der Waals surface area (Å²) in [5.74, 6) is -3.59. The first kappa shape index (κ1) is 35.3. The molecule has 2 N–H and O–H groups in total. The van der Waals surface area contributed by atoms with E-state index in [0.717, 1.165) is 83.6 Å². The van der Waals surface area contributed by atoms with Gasteiger partial charge in [0.15, 0.2) is 0 Å². The molecule has 2 spiro atoms. The Morgan fingerprint density at radius 3 is 1.91 bits per heavy atom. The van der Waals surface area contributed by atoms with E-state index < -0.39 is 24.3 Å². The molecule has 1 aromatic rings. The zero-order valence-corrected chi connectivity index (χ0v) is 24.2. The predicted molar refractivity (Wildman–Crippen MR) is 143 cm³/mol. The maximum Gasteiger partial charge on any atom is 0.490 e. The molecule has 44 heavy (non-hydrogen) atoms. The van der Waals surface area contributed by atoms with E-state index in [1.54, 1.807) is 0 Å². The standard InChI is InChI=1S/C23H35N5O2.2C2HF3O2/c1-2-27-13-8-23(20(27)29)18-28(21-24-9-3-10-25-21)17-22(23)6-11-26(12-7-22)16-19-4-14-30-15-5-19;2*3-2(4,5)1(6)7/h3,9-10,19H,2,4-8,11-18H2,1H3;2*(H,6,7). The molecule has 4 saturated heterocycles. The first-order chi connectivity index (χ1) is 20.5. The van der Waals surface area contributed by atoms with Crippen LogP contribution in [0.25, 0.3) is 0 Å². The molecule has 17 heteroatoms. The second-order valence-corrected chi connectivity index (χ2v) is 11.4. The number of hydrogen-bond donors (Lipinski definition) is 2. The van der Waals surface area contributed by atoms with Crippen molar-refractivity contribution in [2.24, 2.45) is 16.7 Å². The van der Waals surface area contributed by atoms with Gasteiger partial charge in [-0.3, -0.25) is 4.79 Å². The van der Waals surface area contributed by atoms with Gasteiger partial charge in [-0.15, -0.1) is 0 Å². The molecule has 248 valence electrons. The van der Waals surface area contributed by atoms with E-state index in [-0.39, 0.29) is 10.8 Å². The van der Waals surface area contributed by atoms with Crippen LogP contribution in [0.5, 0.6) is 0 Å². The van der Waals surface area contributed by atoms with Gasteiger partial charge in [-0.05, 0) is 64.1 Å². The highest BCUT2D eigenvalue weighted by Crippen LogP contribution is 2.58. The summed E-state index contributed by atoms with van der Waals surface area (Å²) in [6.45, 7) is 10.7. The van der Waals surface area contributed by atoms with Crippen LogP contribution in [-0.2, 0) is 19.1 Å². The highest BCUT2D eigenvalue weighted by molar-refractivity contribution is 5.87. The van der Waals surface area contributed by atoms with Crippen LogP contribution < -0.4 is 4.90 Å². The number of alkyl halides is 6. The molecule has 1 aromatic heterocycles. The molecule has 5 heterocycles. The van der Waals surface area contributed by atoms with Gasteiger partial charge in [-0.25, -0.2) is 19.6 Å². The molecule has 11 nitrogen and oxygen atoms in total. The number of amides is 1. The predicted octanol–water partition coefficient (Wildman–Crippen LogP) is 3.31. The Morgan fingerprint density at radius 2 is 1.45 bits per heavy atom. The number of carboxylic acid groups (broad SMARTS) is 2. The van der Waals surface area contributed by atoms with Gasteiger partial charge in [0, 0.05) is 63.7 Å². The van der Waals surface area contributed by atoms with Crippen LogP contribution in [0, 0.1) is 16.7 Å². The van der Waals surface area contributed by atoms with Gasteiger partial charge in [0.2, 0.25) is 11.9 Å². The van der Waals surface area contributed by atoms with E-state index in [0.29, 0.717) is 5.91 Å². The van der Waals surface area contributed by atoms with Crippen LogP contribution >= 0.6 is 0 Å².